The van der Waals surface area contributed by atoms with Gasteiger partial charge in [0.15, 0.2) is 0 Å². The third-order valence-corrected chi connectivity index (χ3v) is 6.55. The van der Waals surface area contributed by atoms with Crippen molar-refractivity contribution in [1.82, 2.24) is 0 Å². The SMILES string of the molecule is CCCCCCCCCCCCCCc1cc(S(=O)(=O)O)ccc1Oc1ccccc1[O-].[K+]. The summed E-state index contributed by atoms with van der Waals surface area (Å²) in [6, 6.07) is 10.6. The minimum atomic E-state index is -4.30. The molecule has 0 aliphatic carbocycles. The fraction of sp³-hybridized carbons (Fsp3) is 0.538. The summed E-state index contributed by atoms with van der Waals surface area (Å²) >= 11 is 0. The minimum absolute atomic E-state index is 0. The largest absolute Gasteiger partial charge is 1.00 e. The summed E-state index contributed by atoms with van der Waals surface area (Å²) in [5.41, 5.74) is 0.676. The first-order chi connectivity index (χ1) is 15.4. The van der Waals surface area contributed by atoms with Gasteiger partial charge in [-0.2, -0.15) is 8.42 Å². The molecule has 178 valence electrons. The van der Waals surface area contributed by atoms with Gasteiger partial charge in [0.1, 0.15) is 11.5 Å². The molecule has 2 aromatic rings. The Hall–Kier alpha value is -0.414. The quantitative estimate of drug-likeness (QED) is 0.213. The van der Waals surface area contributed by atoms with Crippen LogP contribution in [0.25, 0.3) is 0 Å². The number of benzene rings is 2. The van der Waals surface area contributed by atoms with Crippen LogP contribution in [0.1, 0.15) is 89.5 Å². The van der Waals surface area contributed by atoms with E-state index in [-0.39, 0.29) is 67.8 Å². The van der Waals surface area contributed by atoms with E-state index in [9.17, 15) is 18.1 Å². The normalized spacial score (nSPS) is 11.2. The molecule has 0 aromatic heterocycles. The van der Waals surface area contributed by atoms with E-state index in [1.807, 2.05) is 0 Å². The molecule has 2 aromatic carbocycles. The topological polar surface area (TPSA) is 86.7 Å². The van der Waals surface area contributed by atoms with Gasteiger partial charge in [0, 0.05) is 0 Å². The first-order valence-corrected chi connectivity index (χ1v) is 13.4. The van der Waals surface area contributed by atoms with E-state index in [1.165, 1.54) is 82.1 Å². The molecule has 7 heteroatoms. The van der Waals surface area contributed by atoms with Crippen molar-refractivity contribution in [1.29, 1.82) is 0 Å². The second kappa shape index (κ2) is 17.1. The molecule has 0 amide bonds. The van der Waals surface area contributed by atoms with Crippen LogP contribution in [0.2, 0.25) is 0 Å². The van der Waals surface area contributed by atoms with Gasteiger partial charge in [-0.1, -0.05) is 102 Å². The molecule has 0 aliphatic rings. The summed E-state index contributed by atoms with van der Waals surface area (Å²) in [6.07, 6.45) is 15.5. The van der Waals surface area contributed by atoms with E-state index in [4.69, 9.17) is 4.74 Å². The summed E-state index contributed by atoms with van der Waals surface area (Å²) in [4.78, 5) is -0.158. The number of unbranched alkanes of at least 4 members (excludes halogenated alkanes) is 11. The Morgan fingerprint density at radius 2 is 1.33 bits per heavy atom. The summed E-state index contributed by atoms with van der Waals surface area (Å²) < 4.78 is 38.3. The standard InChI is InChI=1S/C26H38O5S.K/c1-2-3-4-5-6-7-8-9-10-11-12-13-16-22-21-23(32(28,29)30)19-20-25(22)31-26-18-15-14-17-24(26)27;/h14-15,17-21,27H,2-13,16H2,1H3,(H,28,29,30);/q;+1/p-1. The van der Waals surface area contributed by atoms with Gasteiger partial charge in [0.25, 0.3) is 10.1 Å². The maximum absolute atomic E-state index is 12.0. The van der Waals surface area contributed by atoms with Crippen molar-refractivity contribution in [2.24, 2.45) is 0 Å². The monoisotopic (exact) mass is 500 g/mol. The van der Waals surface area contributed by atoms with E-state index in [0.29, 0.717) is 17.7 Å². The van der Waals surface area contributed by atoms with Gasteiger partial charge in [-0.05, 0) is 42.7 Å². The van der Waals surface area contributed by atoms with Gasteiger partial charge in [-0.15, -0.1) is 0 Å². The Morgan fingerprint density at radius 1 is 0.788 bits per heavy atom. The first kappa shape index (κ1) is 30.6. The van der Waals surface area contributed by atoms with Gasteiger partial charge in [0.05, 0.1) is 4.90 Å². The van der Waals surface area contributed by atoms with E-state index in [0.717, 1.165) is 19.3 Å². The molecule has 0 unspecified atom stereocenters. The van der Waals surface area contributed by atoms with Crippen molar-refractivity contribution in [2.75, 3.05) is 0 Å². The Bertz CT molecular complexity index is 915. The second-order valence-corrected chi connectivity index (χ2v) is 9.85. The predicted molar refractivity (Wildman–Crippen MR) is 127 cm³/mol. The summed E-state index contributed by atoms with van der Waals surface area (Å²) in [5.74, 6) is 0.412. The van der Waals surface area contributed by atoms with E-state index in [2.05, 4.69) is 6.92 Å². The van der Waals surface area contributed by atoms with Crippen molar-refractivity contribution in [3.8, 4) is 17.2 Å². The average molecular weight is 501 g/mol. The summed E-state index contributed by atoms with van der Waals surface area (Å²) in [5, 5.41) is 12.0. The van der Waals surface area contributed by atoms with Gasteiger partial charge in [0.2, 0.25) is 0 Å². The Kier molecular flexibility index (Phi) is 15.9. The molecule has 0 saturated heterocycles. The maximum atomic E-state index is 12.0. The van der Waals surface area contributed by atoms with E-state index >= 15 is 0 Å². The van der Waals surface area contributed by atoms with Crippen LogP contribution in [-0.2, 0) is 16.5 Å². The number of aryl methyl sites for hydroxylation is 1. The molecular formula is C26H37KO5S. The minimum Gasteiger partial charge on any atom is -0.870 e. The van der Waals surface area contributed by atoms with Crippen molar-refractivity contribution in [3.05, 3.63) is 48.0 Å². The number of rotatable bonds is 16. The van der Waals surface area contributed by atoms with Crippen LogP contribution < -0.4 is 61.2 Å². The van der Waals surface area contributed by atoms with Gasteiger partial charge in [-0.3, -0.25) is 4.55 Å². The number of hydrogen-bond donors (Lipinski definition) is 1. The molecule has 0 spiro atoms. The average Bonchev–Trinajstić information content (AvgIpc) is 2.76. The van der Waals surface area contributed by atoms with Crippen molar-refractivity contribution in [3.63, 3.8) is 0 Å². The Balaban J connectivity index is 0.00000544. The van der Waals surface area contributed by atoms with Crippen LogP contribution in [0.15, 0.2) is 47.4 Å². The van der Waals surface area contributed by atoms with Crippen LogP contribution in [0.5, 0.6) is 17.2 Å². The van der Waals surface area contributed by atoms with Crippen LogP contribution >= 0.6 is 0 Å². The van der Waals surface area contributed by atoms with Crippen LogP contribution in [0.3, 0.4) is 0 Å². The predicted octanol–water partition coefficient (Wildman–Crippen LogP) is 4.05. The van der Waals surface area contributed by atoms with Gasteiger partial charge < -0.3 is 9.84 Å². The molecule has 0 radical (unpaired) electrons. The van der Waals surface area contributed by atoms with E-state index < -0.39 is 10.1 Å². The molecule has 1 N–H and O–H groups in total. The van der Waals surface area contributed by atoms with Crippen LogP contribution in [0.4, 0.5) is 0 Å². The third-order valence-electron chi connectivity index (χ3n) is 5.70. The number of hydrogen-bond acceptors (Lipinski definition) is 4. The first-order valence-electron chi connectivity index (χ1n) is 12.0. The zero-order chi connectivity index (χ0) is 23.2. The summed E-state index contributed by atoms with van der Waals surface area (Å²) in [6.45, 7) is 2.24. The van der Waals surface area contributed by atoms with Crippen LogP contribution in [0, 0.1) is 0 Å². The van der Waals surface area contributed by atoms with Crippen molar-refractivity contribution in [2.45, 2.75) is 95.3 Å². The molecular weight excluding hydrogens is 463 g/mol. The van der Waals surface area contributed by atoms with Crippen molar-refractivity contribution >= 4 is 10.1 Å². The molecule has 0 aliphatic heterocycles. The molecule has 33 heavy (non-hydrogen) atoms. The molecule has 5 nitrogen and oxygen atoms in total. The zero-order valence-corrected chi connectivity index (χ0v) is 24.2. The molecule has 0 atom stereocenters. The Morgan fingerprint density at radius 3 is 1.88 bits per heavy atom. The molecule has 0 fully saturated rings. The Labute approximate surface area is 242 Å². The molecule has 2 rings (SSSR count). The maximum Gasteiger partial charge on any atom is 1.00 e. The van der Waals surface area contributed by atoms with Gasteiger partial charge >= 0.3 is 51.4 Å². The van der Waals surface area contributed by atoms with Crippen LogP contribution in [-0.4, -0.2) is 13.0 Å². The second-order valence-electron chi connectivity index (χ2n) is 8.43. The molecule has 0 saturated carbocycles. The smallest absolute Gasteiger partial charge is 0.870 e. The fourth-order valence-corrected chi connectivity index (χ4v) is 4.35. The summed E-state index contributed by atoms with van der Waals surface area (Å²) in [7, 11) is -4.30. The zero-order valence-electron chi connectivity index (χ0n) is 20.2. The van der Waals surface area contributed by atoms with Crippen molar-refractivity contribution < 1.29 is 74.2 Å². The number of para-hydroxylation sites is 2. The molecule has 0 bridgehead atoms. The third kappa shape index (κ3) is 12.2. The van der Waals surface area contributed by atoms with Gasteiger partial charge in [-0.25, -0.2) is 0 Å². The van der Waals surface area contributed by atoms with E-state index in [1.54, 1.807) is 18.2 Å². The number of ether oxygens (including phenoxy) is 1. The molecule has 0 heterocycles. The fourth-order valence-electron chi connectivity index (χ4n) is 3.82.